The summed E-state index contributed by atoms with van der Waals surface area (Å²) in [6, 6.07) is 15.8. The topological polar surface area (TPSA) is 82.6 Å². The molecule has 2 aromatic carbocycles. The number of carbonyl (C=O) groups excluding carboxylic acids is 1. The van der Waals surface area contributed by atoms with Crippen molar-refractivity contribution < 1.29 is 28.5 Å². The zero-order valence-electron chi connectivity index (χ0n) is 23.9. The van der Waals surface area contributed by atoms with Crippen LogP contribution in [-0.4, -0.2) is 86.2 Å². The lowest BCUT2D eigenvalue weighted by Gasteiger charge is -2.31. The molecule has 0 bridgehead atoms. The number of fused-ring (bicyclic) bond motifs is 2. The molecule has 9 nitrogen and oxygen atoms in total. The number of hydrogen-bond acceptors (Lipinski definition) is 8. The normalized spacial score (nSPS) is 17.9. The van der Waals surface area contributed by atoms with Crippen molar-refractivity contribution >= 4 is 16.8 Å². The van der Waals surface area contributed by atoms with E-state index < -0.39 is 5.79 Å². The van der Waals surface area contributed by atoms with Gasteiger partial charge in [0, 0.05) is 51.0 Å². The highest BCUT2D eigenvalue weighted by atomic mass is 16.7. The van der Waals surface area contributed by atoms with Crippen molar-refractivity contribution in [2.24, 2.45) is 0 Å². The predicted octanol–water partition coefficient (Wildman–Crippen LogP) is 4.52. The van der Waals surface area contributed by atoms with Gasteiger partial charge < -0.3 is 28.6 Å². The molecule has 1 aromatic heterocycles. The molecule has 0 unspecified atom stereocenters. The van der Waals surface area contributed by atoms with E-state index in [9.17, 15) is 4.79 Å². The Hall–Kier alpha value is -3.40. The molecule has 0 radical (unpaired) electrons. The molecular weight excluding hydrogens is 510 g/mol. The summed E-state index contributed by atoms with van der Waals surface area (Å²) in [5.74, 6) is 0.565. The van der Waals surface area contributed by atoms with Crippen molar-refractivity contribution in [3.63, 3.8) is 0 Å². The fourth-order valence-corrected chi connectivity index (χ4v) is 5.43. The van der Waals surface area contributed by atoms with E-state index in [0.29, 0.717) is 55.7 Å². The number of benzene rings is 2. The third kappa shape index (κ3) is 6.49. The van der Waals surface area contributed by atoms with Crippen molar-refractivity contribution in [2.45, 2.75) is 45.1 Å². The van der Waals surface area contributed by atoms with Gasteiger partial charge in [-0.05, 0) is 43.7 Å². The Bertz CT molecular complexity index is 1330. The van der Waals surface area contributed by atoms with Crippen molar-refractivity contribution in [3.05, 3.63) is 59.8 Å². The first-order valence-corrected chi connectivity index (χ1v) is 13.9. The molecule has 2 aliphatic heterocycles. The average molecular weight is 550 g/mol. The number of carbonyl (C=O) groups is 1. The van der Waals surface area contributed by atoms with Crippen LogP contribution in [0, 0.1) is 0 Å². The summed E-state index contributed by atoms with van der Waals surface area (Å²) in [6.07, 6.45) is 2.11. The monoisotopic (exact) mass is 549 g/mol. The first-order chi connectivity index (χ1) is 19.4. The summed E-state index contributed by atoms with van der Waals surface area (Å²) in [7, 11) is 3.24. The number of likely N-dealkylation sites (tertiary alicyclic amines) is 1. The zero-order chi connectivity index (χ0) is 28.1. The van der Waals surface area contributed by atoms with Gasteiger partial charge in [0.1, 0.15) is 0 Å². The fraction of sp³-hybridized carbons (Fsp3) is 0.484. The average Bonchev–Trinajstić information content (AvgIpc) is 3.53. The Morgan fingerprint density at radius 3 is 2.77 bits per heavy atom. The van der Waals surface area contributed by atoms with Crippen LogP contribution >= 0.6 is 0 Å². The maximum absolute atomic E-state index is 14.2. The number of hydrogen-bond donors (Lipinski definition) is 0. The maximum Gasteiger partial charge on any atom is 0.254 e. The van der Waals surface area contributed by atoms with Crippen molar-refractivity contribution in [1.82, 2.24) is 14.8 Å². The SMILES string of the molecule is COCCOCCN1CCC[C@H]1CN(Cc1ccc2ccccc2n1)C(=O)c1cc(OC)c2c(c1)OC(C)(C)O2. The molecule has 0 spiro atoms. The molecule has 1 saturated heterocycles. The Kier molecular flexibility index (Phi) is 8.73. The lowest BCUT2D eigenvalue weighted by Crippen LogP contribution is -2.44. The highest BCUT2D eigenvalue weighted by Crippen LogP contribution is 2.46. The Morgan fingerprint density at radius 1 is 1.10 bits per heavy atom. The highest BCUT2D eigenvalue weighted by Gasteiger charge is 2.36. The van der Waals surface area contributed by atoms with Crippen molar-refractivity contribution in [2.75, 3.05) is 53.7 Å². The van der Waals surface area contributed by atoms with Crippen LogP contribution in [0.5, 0.6) is 17.2 Å². The van der Waals surface area contributed by atoms with Gasteiger partial charge in [0.25, 0.3) is 5.91 Å². The van der Waals surface area contributed by atoms with Gasteiger partial charge in [-0.3, -0.25) is 14.7 Å². The van der Waals surface area contributed by atoms with Gasteiger partial charge in [0.15, 0.2) is 11.5 Å². The van der Waals surface area contributed by atoms with E-state index >= 15 is 0 Å². The van der Waals surface area contributed by atoms with Gasteiger partial charge in [-0.25, -0.2) is 0 Å². The molecule has 1 atom stereocenters. The number of methoxy groups -OCH3 is 2. The molecular formula is C31H39N3O6. The van der Waals surface area contributed by atoms with E-state index in [1.165, 1.54) is 0 Å². The third-order valence-corrected chi connectivity index (χ3v) is 7.37. The van der Waals surface area contributed by atoms with Crippen LogP contribution in [-0.2, 0) is 16.0 Å². The number of amides is 1. The van der Waals surface area contributed by atoms with Crippen LogP contribution < -0.4 is 14.2 Å². The van der Waals surface area contributed by atoms with E-state index in [0.717, 1.165) is 42.5 Å². The maximum atomic E-state index is 14.2. The molecule has 0 aliphatic carbocycles. The number of nitrogens with zero attached hydrogens (tertiary/aromatic N) is 3. The van der Waals surface area contributed by atoms with Gasteiger partial charge in [-0.15, -0.1) is 0 Å². The molecule has 9 heteroatoms. The number of aromatic nitrogens is 1. The Balaban J connectivity index is 1.39. The second kappa shape index (κ2) is 12.4. The standard InChI is InChI=1S/C31H39N3O6/c1-31(2)39-28-19-23(18-27(37-4)29(28)40-31)30(35)34(20-24-12-11-22-8-5-6-10-26(22)32-24)21-25-9-7-13-33(25)14-15-38-17-16-36-3/h5-6,8,10-12,18-19,25H,7,9,13-17,20-21H2,1-4H3/t25-/m0/s1. The van der Waals surface area contributed by atoms with E-state index in [2.05, 4.69) is 11.0 Å². The summed E-state index contributed by atoms with van der Waals surface area (Å²) in [4.78, 5) is 23.3. The highest BCUT2D eigenvalue weighted by molar-refractivity contribution is 5.96. The quantitative estimate of drug-likeness (QED) is 0.305. The second-order valence-electron chi connectivity index (χ2n) is 10.7. The van der Waals surface area contributed by atoms with Crippen molar-refractivity contribution in [3.8, 4) is 17.2 Å². The zero-order valence-corrected chi connectivity index (χ0v) is 23.9. The van der Waals surface area contributed by atoms with E-state index in [4.69, 9.17) is 28.7 Å². The minimum atomic E-state index is -0.832. The smallest absolute Gasteiger partial charge is 0.254 e. The van der Waals surface area contributed by atoms with Gasteiger partial charge in [0.2, 0.25) is 11.5 Å². The van der Waals surface area contributed by atoms with Crippen LogP contribution in [0.4, 0.5) is 0 Å². The lowest BCUT2D eigenvalue weighted by molar-refractivity contribution is -0.0439. The first kappa shape index (κ1) is 28.1. The molecule has 0 saturated carbocycles. The summed E-state index contributed by atoms with van der Waals surface area (Å²) >= 11 is 0. The van der Waals surface area contributed by atoms with Crippen LogP contribution in [0.1, 0.15) is 42.7 Å². The number of pyridine rings is 1. The third-order valence-electron chi connectivity index (χ3n) is 7.37. The van der Waals surface area contributed by atoms with Crippen LogP contribution in [0.3, 0.4) is 0 Å². The molecule has 2 aliphatic rings. The van der Waals surface area contributed by atoms with E-state index in [1.54, 1.807) is 26.4 Å². The predicted molar refractivity (Wildman–Crippen MR) is 152 cm³/mol. The van der Waals surface area contributed by atoms with Crippen LogP contribution in [0.15, 0.2) is 48.5 Å². The molecule has 40 heavy (non-hydrogen) atoms. The summed E-state index contributed by atoms with van der Waals surface area (Å²) in [5, 5.41) is 1.07. The van der Waals surface area contributed by atoms with Gasteiger partial charge >= 0.3 is 0 Å². The van der Waals surface area contributed by atoms with Crippen LogP contribution in [0.25, 0.3) is 10.9 Å². The second-order valence-corrected chi connectivity index (χ2v) is 10.7. The molecule has 3 heterocycles. The summed E-state index contributed by atoms with van der Waals surface area (Å²) < 4.78 is 28.3. The van der Waals surface area contributed by atoms with Gasteiger partial charge in [-0.2, -0.15) is 0 Å². The van der Waals surface area contributed by atoms with E-state index in [1.807, 2.05) is 49.1 Å². The molecule has 5 rings (SSSR count). The largest absolute Gasteiger partial charge is 0.493 e. The minimum absolute atomic E-state index is 0.104. The number of para-hydroxylation sites is 1. The molecule has 214 valence electrons. The van der Waals surface area contributed by atoms with Crippen LogP contribution in [0.2, 0.25) is 0 Å². The van der Waals surface area contributed by atoms with Gasteiger partial charge in [-0.1, -0.05) is 24.3 Å². The number of ether oxygens (including phenoxy) is 5. The minimum Gasteiger partial charge on any atom is -0.493 e. The first-order valence-electron chi connectivity index (χ1n) is 13.9. The lowest BCUT2D eigenvalue weighted by atomic mass is 10.1. The molecule has 1 fully saturated rings. The molecule has 1 amide bonds. The molecule has 3 aromatic rings. The van der Waals surface area contributed by atoms with E-state index in [-0.39, 0.29) is 11.9 Å². The number of rotatable bonds is 12. The Labute approximate surface area is 235 Å². The van der Waals surface area contributed by atoms with Crippen molar-refractivity contribution in [1.29, 1.82) is 0 Å². The molecule has 0 N–H and O–H groups in total. The summed E-state index contributed by atoms with van der Waals surface area (Å²) in [6.45, 7) is 8.23. The van der Waals surface area contributed by atoms with Gasteiger partial charge in [0.05, 0.1) is 44.7 Å². The Morgan fingerprint density at radius 2 is 1.95 bits per heavy atom. The fourth-order valence-electron chi connectivity index (χ4n) is 5.43. The summed E-state index contributed by atoms with van der Waals surface area (Å²) in [5.41, 5.74) is 2.24.